The van der Waals surface area contributed by atoms with Crippen LogP contribution in [-0.2, 0) is 20.7 Å². The highest BCUT2D eigenvalue weighted by Gasteiger charge is 2.16. The maximum absolute atomic E-state index is 13.1. The third-order valence-electron chi connectivity index (χ3n) is 5.78. The number of hydrogen-bond acceptors (Lipinski definition) is 9. The summed E-state index contributed by atoms with van der Waals surface area (Å²) >= 11 is 0. The molecule has 2 heterocycles. The summed E-state index contributed by atoms with van der Waals surface area (Å²) in [4.78, 5) is 45.6. The monoisotopic (exact) mass is 570 g/mol. The number of methoxy groups -OCH3 is 2. The van der Waals surface area contributed by atoms with Crippen molar-refractivity contribution in [2.45, 2.75) is 19.4 Å². The van der Waals surface area contributed by atoms with E-state index in [4.69, 9.17) is 14.2 Å². The SMILES string of the molecule is COC[C@@H](C)Oc1cc(C(=O)Nc2ccc(CC(=O)OC)cn2)cc(Oc2ccc(NC(=O)c3ccccc3)cc2)n1. The summed E-state index contributed by atoms with van der Waals surface area (Å²) in [7, 11) is 2.87. The van der Waals surface area contributed by atoms with E-state index in [1.165, 1.54) is 25.4 Å². The number of anilines is 2. The van der Waals surface area contributed by atoms with E-state index >= 15 is 0 Å². The van der Waals surface area contributed by atoms with Crippen molar-refractivity contribution < 1.29 is 33.3 Å². The van der Waals surface area contributed by atoms with Crippen LogP contribution in [0, 0.1) is 0 Å². The normalized spacial score (nSPS) is 11.2. The molecule has 0 bridgehead atoms. The zero-order valence-electron chi connectivity index (χ0n) is 23.3. The Labute approximate surface area is 242 Å². The second-order valence-corrected chi connectivity index (χ2v) is 9.12. The number of carbonyl (C=O) groups excluding carboxylic acids is 3. The lowest BCUT2D eigenvalue weighted by molar-refractivity contribution is -0.139. The molecule has 2 aromatic heterocycles. The van der Waals surface area contributed by atoms with E-state index in [1.54, 1.807) is 74.7 Å². The second-order valence-electron chi connectivity index (χ2n) is 9.12. The molecular weight excluding hydrogens is 540 g/mol. The number of amides is 2. The summed E-state index contributed by atoms with van der Waals surface area (Å²) < 4.78 is 21.6. The lowest BCUT2D eigenvalue weighted by Gasteiger charge is -2.15. The van der Waals surface area contributed by atoms with Crippen LogP contribution in [0.5, 0.6) is 17.5 Å². The van der Waals surface area contributed by atoms with Crippen molar-refractivity contribution in [3.63, 3.8) is 0 Å². The van der Waals surface area contributed by atoms with Gasteiger partial charge < -0.3 is 29.6 Å². The molecule has 4 rings (SSSR count). The molecule has 1 atom stereocenters. The van der Waals surface area contributed by atoms with Gasteiger partial charge in [-0.25, -0.2) is 4.98 Å². The zero-order valence-corrected chi connectivity index (χ0v) is 23.3. The Morgan fingerprint density at radius 3 is 2.21 bits per heavy atom. The van der Waals surface area contributed by atoms with Crippen molar-refractivity contribution in [1.29, 1.82) is 0 Å². The first-order valence-electron chi connectivity index (χ1n) is 13.0. The zero-order chi connectivity index (χ0) is 29.9. The predicted octanol–water partition coefficient (Wildman–Crippen LogP) is 4.90. The third kappa shape index (κ3) is 8.60. The van der Waals surface area contributed by atoms with Gasteiger partial charge in [0.1, 0.15) is 17.7 Å². The summed E-state index contributed by atoms with van der Waals surface area (Å²) in [5.74, 6) is -0.101. The van der Waals surface area contributed by atoms with Gasteiger partial charge in [0.15, 0.2) is 0 Å². The number of esters is 1. The Kier molecular flexibility index (Phi) is 10.2. The number of nitrogens with one attached hydrogen (secondary N) is 2. The minimum atomic E-state index is -0.473. The molecule has 2 aromatic carbocycles. The summed E-state index contributed by atoms with van der Waals surface area (Å²) in [6.45, 7) is 2.12. The van der Waals surface area contributed by atoms with Gasteiger partial charge >= 0.3 is 5.97 Å². The Hall–Kier alpha value is -5.29. The van der Waals surface area contributed by atoms with Gasteiger partial charge in [-0.1, -0.05) is 24.3 Å². The van der Waals surface area contributed by atoms with Gasteiger partial charge in [-0.05, 0) is 55.0 Å². The Balaban J connectivity index is 1.49. The predicted molar refractivity (Wildman–Crippen MR) is 155 cm³/mol. The van der Waals surface area contributed by atoms with Crippen LogP contribution in [0.2, 0.25) is 0 Å². The van der Waals surface area contributed by atoms with Crippen molar-refractivity contribution in [1.82, 2.24) is 9.97 Å². The van der Waals surface area contributed by atoms with E-state index < -0.39 is 5.91 Å². The topological polar surface area (TPSA) is 138 Å². The minimum Gasteiger partial charge on any atom is -0.472 e. The van der Waals surface area contributed by atoms with Gasteiger partial charge in [0.2, 0.25) is 11.8 Å². The lowest BCUT2D eigenvalue weighted by atomic mass is 10.2. The fourth-order valence-electron chi connectivity index (χ4n) is 3.75. The largest absolute Gasteiger partial charge is 0.472 e. The number of pyridine rings is 2. The van der Waals surface area contributed by atoms with E-state index in [9.17, 15) is 14.4 Å². The van der Waals surface area contributed by atoms with Crippen LogP contribution in [0.1, 0.15) is 33.2 Å². The van der Waals surface area contributed by atoms with Gasteiger partial charge in [0.05, 0.1) is 25.7 Å². The summed E-state index contributed by atoms with van der Waals surface area (Å²) in [5.41, 5.74) is 1.99. The van der Waals surface area contributed by atoms with Crippen LogP contribution in [0.15, 0.2) is 85.1 Å². The third-order valence-corrected chi connectivity index (χ3v) is 5.78. The fourth-order valence-corrected chi connectivity index (χ4v) is 3.75. The van der Waals surface area contributed by atoms with E-state index in [0.29, 0.717) is 29.2 Å². The van der Waals surface area contributed by atoms with Crippen LogP contribution in [-0.4, -0.2) is 54.7 Å². The second kappa shape index (κ2) is 14.4. The molecule has 0 unspecified atom stereocenters. The average Bonchev–Trinajstić information content (AvgIpc) is 2.99. The number of benzene rings is 2. The Bertz CT molecular complexity index is 1510. The van der Waals surface area contributed by atoms with Crippen molar-refractivity contribution in [2.24, 2.45) is 0 Å². The number of rotatable bonds is 12. The van der Waals surface area contributed by atoms with E-state index in [2.05, 4.69) is 25.3 Å². The Morgan fingerprint density at radius 1 is 0.833 bits per heavy atom. The molecule has 0 saturated heterocycles. The standard InChI is InChI=1S/C31H30N4O7/c1-20(19-39-2)41-27-16-23(31(38)34-26-14-9-21(18-32-26)15-29(36)40-3)17-28(35-27)42-25-12-10-24(11-13-25)33-30(37)22-7-5-4-6-8-22/h4-14,16-18,20H,15,19H2,1-3H3,(H,33,37)(H,32,34,38)/t20-/m1/s1. The van der Waals surface area contributed by atoms with Crippen LogP contribution in [0.4, 0.5) is 11.5 Å². The van der Waals surface area contributed by atoms with Crippen molar-refractivity contribution in [3.05, 3.63) is 102 Å². The number of carbonyl (C=O) groups is 3. The molecule has 0 fully saturated rings. The highest BCUT2D eigenvalue weighted by Crippen LogP contribution is 2.26. The molecular formula is C31H30N4O7. The molecule has 2 amide bonds. The number of nitrogens with zero attached hydrogens (tertiary/aromatic N) is 2. The van der Waals surface area contributed by atoms with Crippen LogP contribution >= 0.6 is 0 Å². The van der Waals surface area contributed by atoms with Gasteiger partial charge in [-0.15, -0.1) is 0 Å². The highest BCUT2D eigenvalue weighted by molar-refractivity contribution is 6.04. The van der Waals surface area contributed by atoms with Crippen molar-refractivity contribution in [2.75, 3.05) is 31.5 Å². The molecule has 216 valence electrons. The first-order chi connectivity index (χ1) is 20.3. The molecule has 2 N–H and O–H groups in total. The smallest absolute Gasteiger partial charge is 0.310 e. The molecule has 0 radical (unpaired) electrons. The molecule has 42 heavy (non-hydrogen) atoms. The van der Waals surface area contributed by atoms with Crippen molar-refractivity contribution >= 4 is 29.3 Å². The van der Waals surface area contributed by atoms with Gasteiger partial charge in [-0.2, -0.15) is 4.98 Å². The van der Waals surface area contributed by atoms with Crippen LogP contribution in [0.3, 0.4) is 0 Å². The van der Waals surface area contributed by atoms with Crippen molar-refractivity contribution in [3.8, 4) is 17.5 Å². The number of hydrogen-bond donors (Lipinski definition) is 2. The van der Waals surface area contributed by atoms with Gasteiger partial charge in [0, 0.05) is 36.7 Å². The molecule has 11 nitrogen and oxygen atoms in total. The summed E-state index contributed by atoms with van der Waals surface area (Å²) in [6.07, 6.45) is 1.22. The summed E-state index contributed by atoms with van der Waals surface area (Å²) in [5, 5.41) is 5.55. The maximum atomic E-state index is 13.1. The van der Waals surface area contributed by atoms with E-state index in [1.807, 2.05) is 6.07 Å². The molecule has 0 aliphatic carbocycles. The van der Waals surface area contributed by atoms with Gasteiger partial charge in [-0.3, -0.25) is 14.4 Å². The lowest BCUT2D eigenvalue weighted by Crippen LogP contribution is -2.19. The van der Waals surface area contributed by atoms with E-state index in [-0.39, 0.29) is 47.5 Å². The molecule has 0 aliphatic rings. The fraction of sp³-hybridized carbons (Fsp3) is 0.194. The summed E-state index contributed by atoms with van der Waals surface area (Å²) in [6, 6.07) is 21.8. The van der Waals surface area contributed by atoms with Crippen LogP contribution in [0.25, 0.3) is 0 Å². The number of ether oxygens (including phenoxy) is 4. The van der Waals surface area contributed by atoms with E-state index in [0.717, 1.165) is 0 Å². The molecule has 4 aromatic rings. The first-order valence-corrected chi connectivity index (χ1v) is 13.0. The maximum Gasteiger partial charge on any atom is 0.310 e. The minimum absolute atomic E-state index is 0.0729. The van der Waals surface area contributed by atoms with Gasteiger partial charge in [0.25, 0.3) is 11.8 Å². The highest BCUT2D eigenvalue weighted by atomic mass is 16.5. The molecule has 0 aliphatic heterocycles. The quantitative estimate of drug-likeness (QED) is 0.228. The number of aromatic nitrogens is 2. The first kappa shape index (κ1) is 29.7. The Morgan fingerprint density at radius 2 is 1.55 bits per heavy atom. The molecule has 0 saturated carbocycles. The average molecular weight is 571 g/mol. The van der Waals surface area contributed by atoms with Crippen LogP contribution < -0.4 is 20.1 Å². The molecule has 11 heteroatoms. The molecule has 0 spiro atoms.